The summed E-state index contributed by atoms with van der Waals surface area (Å²) in [6.07, 6.45) is 3.94. The van der Waals surface area contributed by atoms with Gasteiger partial charge in [0.1, 0.15) is 0 Å². The number of carbonyl (C=O) groups excluding carboxylic acids is 1. The first kappa shape index (κ1) is 11.0. The number of halogens is 1. The molecule has 1 aromatic rings. The highest BCUT2D eigenvalue weighted by atomic mass is 35.5. The number of nitrogens with zero attached hydrogens (tertiary/aromatic N) is 2. The fourth-order valence-electron chi connectivity index (χ4n) is 1.14. The molecule has 0 N–H and O–H groups in total. The summed E-state index contributed by atoms with van der Waals surface area (Å²) in [4.78, 5) is 16.4. The molecule has 0 bridgehead atoms. The lowest BCUT2D eigenvalue weighted by molar-refractivity contribution is -0.108. The van der Waals surface area contributed by atoms with Crippen LogP contribution in [0.5, 0.6) is 0 Å². The molecule has 0 saturated heterocycles. The molecule has 1 rings (SSSR count). The van der Waals surface area contributed by atoms with Gasteiger partial charge in [-0.2, -0.15) is 0 Å². The van der Waals surface area contributed by atoms with Crippen molar-refractivity contribution >= 4 is 23.7 Å². The van der Waals surface area contributed by atoms with Gasteiger partial charge in [0.05, 0.1) is 16.9 Å². The van der Waals surface area contributed by atoms with Crippen molar-refractivity contribution in [3.05, 3.63) is 23.5 Å². The Bertz CT molecular complexity index is 333. The van der Waals surface area contributed by atoms with E-state index in [0.29, 0.717) is 10.7 Å². The van der Waals surface area contributed by atoms with Crippen molar-refractivity contribution in [2.24, 2.45) is 0 Å². The quantitative estimate of drug-likeness (QED) is 0.706. The molecule has 0 spiro atoms. The minimum Gasteiger partial charge on any atom is -0.308 e. The van der Waals surface area contributed by atoms with Crippen LogP contribution in [-0.4, -0.2) is 16.9 Å². The van der Waals surface area contributed by atoms with E-state index >= 15 is 0 Å². The van der Waals surface area contributed by atoms with E-state index in [0.717, 1.165) is 6.41 Å². The number of amides is 1. The van der Waals surface area contributed by atoms with E-state index in [-0.39, 0.29) is 5.54 Å². The molecule has 0 unspecified atom stereocenters. The SMILES string of the molecule is CC(C)(C)N(C=O)c1cncc(Cl)c1. The number of carbonyl (C=O) groups is 1. The topological polar surface area (TPSA) is 33.2 Å². The number of rotatable bonds is 2. The molecular formula is C10H13ClN2O. The fraction of sp³-hybridized carbons (Fsp3) is 0.400. The molecule has 3 nitrogen and oxygen atoms in total. The number of aromatic nitrogens is 1. The summed E-state index contributed by atoms with van der Waals surface area (Å²) in [5, 5.41) is 0.526. The Balaban J connectivity index is 3.07. The summed E-state index contributed by atoms with van der Waals surface area (Å²) in [6, 6.07) is 1.72. The molecule has 0 aliphatic rings. The zero-order valence-electron chi connectivity index (χ0n) is 8.49. The average Bonchev–Trinajstić information content (AvgIpc) is 2.02. The van der Waals surface area contributed by atoms with E-state index in [4.69, 9.17) is 11.6 Å². The first-order valence-electron chi connectivity index (χ1n) is 4.30. The van der Waals surface area contributed by atoms with Crippen LogP contribution in [0, 0.1) is 0 Å². The van der Waals surface area contributed by atoms with E-state index in [2.05, 4.69) is 4.98 Å². The van der Waals surface area contributed by atoms with Gasteiger partial charge in [-0.3, -0.25) is 9.78 Å². The zero-order valence-corrected chi connectivity index (χ0v) is 9.25. The van der Waals surface area contributed by atoms with Crippen molar-refractivity contribution in [3.8, 4) is 0 Å². The lowest BCUT2D eigenvalue weighted by Crippen LogP contribution is -2.40. The summed E-state index contributed by atoms with van der Waals surface area (Å²) < 4.78 is 0. The summed E-state index contributed by atoms with van der Waals surface area (Å²) in [7, 11) is 0. The van der Waals surface area contributed by atoms with Crippen LogP contribution in [0.1, 0.15) is 20.8 Å². The number of anilines is 1. The Morgan fingerprint density at radius 1 is 1.43 bits per heavy atom. The third kappa shape index (κ3) is 2.45. The molecule has 1 aromatic heterocycles. The van der Waals surface area contributed by atoms with Crippen molar-refractivity contribution in [1.82, 2.24) is 4.98 Å². The first-order chi connectivity index (χ1) is 6.45. The maximum Gasteiger partial charge on any atom is 0.214 e. The predicted octanol–water partition coefficient (Wildman–Crippen LogP) is 2.50. The van der Waals surface area contributed by atoms with Crippen molar-refractivity contribution in [2.75, 3.05) is 4.90 Å². The van der Waals surface area contributed by atoms with Gasteiger partial charge in [-0.05, 0) is 26.8 Å². The van der Waals surface area contributed by atoms with Gasteiger partial charge in [-0.25, -0.2) is 0 Å². The van der Waals surface area contributed by atoms with Crippen LogP contribution >= 0.6 is 11.6 Å². The maximum absolute atomic E-state index is 10.9. The van der Waals surface area contributed by atoms with Crippen LogP contribution in [0.25, 0.3) is 0 Å². The standard InChI is InChI=1S/C10H13ClN2O/c1-10(2,3)13(7-14)9-4-8(11)5-12-6-9/h4-7H,1-3H3. The number of pyridine rings is 1. The Morgan fingerprint density at radius 3 is 2.50 bits per heavy atom. The lowest BCUT2D eigenvalue weighted by Gasteiger charge is -2.31. The molecule has 0 atom stereocenters. The second-order valence-corrected chi connectivity index (χ2v) is 4.44. The van der Waals surface area contributed by atoms with Gasteiger partial charge < -0.3 is 4.90 Å². The summed E-state index contributed by atoms with van der Waals surface area (Å²) in [5.74, 6) is 0. The highest BCUT2D eigenvalue weighted by molar-refractivity contribution is 6.30. The third-order valence-electron chi connectivity index (χ3n) is 1.80. The van der Waals surface area contributed by atoms with E-state index in [1.807, 2.05) is 20.8 Å². The third-order valence-corrected chi connectivity index (χ3v) is 2.00. The van der Waals surface area contributed by atoms with Crippen LogP contribution in [0.4, 0.5) is 5.69 Å². The number of hydrogen-bond donors (Lipinski definition) is 0. The maximum atomic E-state index is 10.9. The van der Waals surface area contributed by atoms with Gasteiger partial charge in [-0.15, -0.1) is 0 Å². The monoisotopic (exact) mass is 212 g/mol. The largest absolute Gasteiger partial charge is 0.308 e. The van der Waals surface area contributed by atoms with E-state index < -0.39 is 0 Å². The minimum absolute atomic E-state index is 0.270. The van der Waals surface area contributed by atoms with Crippen LogP contribution < -0.4 is 4.90 Å². The lowest BCUT2D eigenvalue weighted by atomic mass is 10.1. The van der Waals surface area contributed by atoms with Crippen molar-refractivity contribution in [2.45, 2.75) is 26.3 Å². The van der Waals surface area contributed by atoms with Gasteiger partial charge in [0.25, 0.3) is 0 Å². The molecule has 0 fully saturated rings. The summed E-state index contributed by atoms with van der Waals surface area (Å²) >= 11 is 5.79. The molecule has 0 saturated carbocycles. The van der Waals surface area contributed by atoms with E-state index in [1.165, 1.54) is 6.20 Å². The Hall–Kier alpha value is -1.09. The normalized spacial score (nSPS) is 11.1. The van der Waals surface area contributed by atoms with Crippen LogP contribution in [0.15, 0.2) is 18.5 Å². The molecule has 76 valence electrons. The van der Waals surface area contributed by atoms with Crippen LogP contribution in [0.3, 0.4) is 0 Å². The van der Waals surface area contributed by atoms with Gasteiger partial charge in [0, 0.05) is 11.7 Å². The Kier molecular flexibility index (Phi) is 3.11. The summed E-state index contributed by atoms with van der Waals surface area (Å²) in [5.41, 5.74) is 0.439. The Labute approximate surface area is 88.7 Å². The van der Waals surface area contributed by atoms with Crippen molar-refractivity contribution in [1.29, 1.82) is 0 Å². The average molecular weight is 213 g/mol. The highest BCUT2D eigenvalue weighted by Gasteiger charge is 2.21. The van der Waals surface area contributed by atoms with E-state index in [1.54, 1.807) is 17.2 Å². The molecule has 14 heavy (non-hydrogen) atoms. The van der Waals surface area contributed by atoms with Gasteiger partial charge in [0.2, 0.25) is 6.41 Å². The molecule has 1 heterocycles. The smallest absolute Gasteiger partial charge is 0.214 e. The highest BCUT2D eigenvalue weighted by Crippen LogP contribution is 2.23. The molecule has 0 radical (unpaired) electrons. The fourth-order valence-corrected chi connectivity index (χ4v) is 1.31. The zero-order chi connectivity index (χ0) is 10.8. The van der Waals surface area contributed by atoms with Gasteiger partial charge >= 0.3 is 0 Å². The summed E-state index contributed by atoms with van der Waals surface area (Å²) in [6.45, 7) is 5.84. The Morgan fingerprint density at radius 2 is 2.07 bits per heavy atom. The molecule has 0 aliphatic carbocycles. The van der Waals surface area contributed by atoms with Crippen molar-refractivity contribution in [3.63, 3.8) is 0 Å². The molecule has 0 aliphatic heterocycles. The second-order valence-electron chi connectivity index (χ2n) is 4.01. The molecule has 4 heteroatoms. The number of hydrogen-bond acceptors (Lipinski definition) is 2. The molecule has 1 amide bonds. The first-order valence-corrected chi connectivity index (χ1v) is 4.68. The minimum atomic E-state index is -0.270. The van der Waals surface area contributed by atoms with Gasteiger partial charge in [-0.1, -0.05) is 11.6 Å². The van der Waals surface area contributed by atoms with Crippen molar-refractivity contribution < 1.29 is 4.79 Å². The van der Waals surface area contributed by atoms with Crippen LogP contribution in [-0.2, 0) is 4.79 Å². The molecular weight excluding hydrogens is 200 g/mol. The van der Waals surface area contributed by atoms with Crippen LogP contribution in [0.2, 0.25) is 5.02 Å². The predicted molar refractivity (Wildman–Crippen MR) is 57.5 cm³/mol. The van der Waals surface area contributed by atoms with Gasteiger partial charge in [0.15, 0.2) is 0 Å². The molecule has 0 aromatic carbocycles. The second kappa shape index (κ2) is 3.96. The van der Waals surface area contributed by atoms with E-state index in [9.17, 15) is 4.79 Å².